The van der Waals surface area contributed by atoms with Gasteiger partial charge in [0.15, 0.2) is 0 Å². The summed E-state index contributed by atoms with van der Waals surface area (Å²) in [7, 11) is 0. The Morgan fingerprint density at radius 1 is 1.21 bits per heavy atom. The number of carbonyl (C=O) groups is 1. The molecule has 0 radical (unpaired) electrons. The third-order valence-electron chi connectivity index (χ3n) is 4.73. The summed E-state index contributed by atoms with van der Waals surface area (Å²) in [6.07, 6.45) is -1.50. The molecule has 2 fully saturated rings. The lowest BCUT2D eigenvalue weighted by molar-refractivity contribution is -0.274. The van der Waals surface area contributed by atoms with Gasteiger partial charge in [-0.25, -0.2) is 0 Å². The first-order chi connectivity index (χ1) is 11.3. The van der Waals surface area contributed by atoms with Gasteiger partial charge in [0, 0.05) is 5.92 Å². The number of ether oxygens (including phenoxy) is 1. The van der Waals surface area contributed by atoms with Gasteiger partial charge in [0.2, 0.25) is 5.91 Å². The van der Waals surface area contributed by atoms with Crippen LogP contribution in [0.5, 0.6) is 5.75 Å². The van der Waals surface area contributed by atoms with Gasteiger partial charge >= 0.3 is 6.36 Å². The largest absolute Gasteiger partial charge is 0.573 e. The predicted octanol–water partition coefficient (Wildman–Crippen LogP) is 3.11. The first-order valence-corrected chi connectivity index (χ1v) is 8.18. The lowest BCUT2D eigenvalue weighted by Crippen LogP contribution is -2.45. The van der Waals surface area contributed by atoms with E-state index in [1.807, 2.05) is 0 Å². The molecular formula is C17H20F3NO3. The topological polar surface area (TPSA) is 58.6 Å². The average molecular weight is 343 g/mol. The van der Waals surface area contributed by atoms with Crippen LogP contribution in [-0.2, 0) is 4.79 Å². The summed E-state index contributed by atoms with van der Waals surface area (Å²) in [5.41, 5.74) is 0.402. The van der Waals surface area contributed by atoms with E-state index in [1.165, 1.54) is 12.1 Å². The van der Waals surface area contributed by atoms with Crippen LogP contribution in [-0.4, -0.2) is 29.5 Å². The first-order valence-electron chi connectivity index (χ1n) is 8.18. The molecule has 2 aliphatic rings. The molecule has 1 aromatic rings. The van der Waals surface area contributed by atoms with E-state index in [2.05, 4.69) is 10.1 Å². The van der Waals surface area contributed by atoms with Gasteiger partial charge < -0.3 is 15.2 Å². The highest BCUT2D eigenvalue weighted by Crippen LogP contribution is 2.51. The Morgan fingerprint density at radius 2 is 1.92 bits per heavy atom. The second-order valence-electron chi connectivity index (χ2n) is 6.50. The summed E-state index contributed by atoms with van der Waals surface area (Å²) in [6.45, 7) is 0. The molecule has 24 heavy (non-hydrogen) atoms. The maximum absolute atomic E-state index is 12.5. The van der Waals surface area contributed by atoms with Crippen LogP contribution in [0.3, 0.4) is 0 Å². The number of benzene rings is 1. The number of halogens is 3. The molecule has 4 unspecified atom stereocenters. The molecule has 132 valence electrons. The molecule has 0 saturated heterocycles. The predicted molar refractivity (Wildman–Crippen MR) is 80.4 cm³/mol. The highest BCUT2D eigenvalue weighted by molar-refractivity contribution is 5.83. The van der Waals surface area contributed by atoms with Crippen molar-refractivity contribution < 1.29 is 27.8 Å². The molecule has 4 nitrogen and oxygen atoms in total. The number of rotatable bonds is 4. The maximum atomic E-state index is 12.5. The van der Waals surface area contributed by atoms with E-state index in [0.717, 1.165) is 19.3 Å². The number of hydrogen-bond donors (Lipinski definition) is 2. The van der Waals surface area contributed by atoms with Gasteiger partial charge in [-0.2, -0.15) is 0 Å². The Labute approximate surface area is 138 Å². The smallest absolute Gasteiger partial charge is 0.405 e. The van der Waals surface area contributed by atoms with Crippen molar-refractivity contribution in [1.29, 1.82) is 0 Å². The number of alkyl halides is 3. The number of amides is 1. The molecule has 0 heterocycles. The van der Waals surface area contributed by atoms with Crippen LogP contribution in [0.2, 0.25) is 0 Å². The van der Waals surface area contributed by atoms with Crippen molar-refractivity contribution in [3.8, 4) is 5.75 Å². The lowest BCUT2D eigenvalue weighted by Gasteiger charge is -2.28. The van der Waals surface area contributed by atoms with Gasteiger partial charge in [-0.15, -0.1) is 13.2 Å². The number of aliphatic hydroxyl groups is 1. The molecule has 2 aliphatic carbocycles. The van der Waals surface area contributed by atoms with Crippen molar-refractivity contribution in [2.75, 3.05) is 0 Å². The summed E-state index contributed by atoms with van der Waals surface area (Å²) in [4.78, 5) is 12.3. The van der Waals surface area contributed by atoms with Crippen LogP contribution in [0.25, 0.3) is 0 Å². The van der Waals surface area contributed by atoms with Gasteiger partial charge in [0.1, 0.15) is 5.75 Å². The Bertz CT molecular complexity index is 605. The van der Waals surface area contributed by atoms with Crippen LogP contribution >= 0.6 is 0 Å². The van der Waals surface area contributed by atoms with Crippen molar-refractivity contribution in [1.82, 2.24) is 5.32 Å². The van der Waals surface area contributed by atoms with Crippen LogP contribution in [0.15, 0.2) is 24.3 Å². The number of hydrogen-bond acceptors (Lipinski definition) is 3. The van der Waals surface area contributed by atoms with E-state index >= 15 is 0 Å². The van der Waals surface area contributed by atoms with E-state index in [-0.39, 0.29) is 29.5 Å². The summed E-state index contributed by atoms with van der Waals surface area (Å²) < 4.78 is 41.5. The number of carbonyl (C=O) groups excluding carboxylic acids is 1. The maximum Gasteiger partial charge on any atom is 0.573 e. The number of nitrogens with one attached hydrogen (secondary N) is 1. The number of para-hydroxylation sites is 1. The minimum absolute atomic E-state index is 0.201. The van der Waals surface area contributed by atoms with Gasteiger partial charge in [0.25, 0.3) is 0 Å². The van der Waals surface area contributed by atoms with Gasteiger partial charge in [-0.1, -0.05) is 31.0 Å². The van der Waals surface area contributed by atoms with E-state index < -0.39 is 12.5 Å². The lowest BCUT2D eigenvalue weighted by atomic mass is 9.92. The molecule has 0 spiro atoms. The number of aliphatic hydroxyl groups excluding tert-OH is 1. The van der Waals surface area contributed by atoms with E-state index in [0.29, 0.717) is 18.4 Å². The third-order valence-corrected chi connectivity index (χ3v) is 4.73. The second kappa shape index (κ2) is 6.63. The standard InChI is InChI=1S/C17H20F3NO3/c18-17(19,20)24-15-8-4-1-5-10(15)11-9-12(11)16(23)21-13-6-2-3-7-14(13)22/h1,4-5,8,11-14,22H,2-3,6-7,9H2,(H,21,23). The molecule has 7 heteroatoms. The average Bonchev–Trinajstić information content (AvgIpc) is 3.29. The van der Waals surface area contributed by atoms with Gasteiger partial charge in [-0.05, 0) is 36.8 Å². The zero-order valence-electron chi connectivity index (χ0n) is 13.1. The van der Waals surface area contributed by atoms with Crippen LogP contribution in [0.4, 0.5) is 13.2 Å². The zero-order chi connectivity index (χ0) is 17.3. The molecule has 2 saturated carbocycles. The van der Waals surface area contributed by atoms with Crippen LogP contribution < -0.4 is 10.1 Å². The quantitative estimate of drug-likeness (QED) is 0.883. The van der Waals surface area contributed by atoms with E-state index in [4.69, 9.17) is 0 Å². The fraction of sp³-hybridized carbons (Fsp3) is 0.588. The Morgan fingerprint density at radius 3 is 2.62 bits per heavy atom. The van der Waals surface area contributed by atoms with Gasteiger partial charge in [0.05, 0.1) is 12.1 Å². The summed E-state index contributed by atoms with van der Waals surface area (Å²) in [5, 5.41) is 12.8. The minimum Gasteiger partial charge on any atom is -0.405 e. The monoisotopic (exact) mass is 343 g/mol. The van der Waals surface area contributed by atoms with E-state index in [1.54, 1.807) is 12.1 Å². The molecule has 1 aromatic carbocycles. The van der Waals surface area contributed by atoms with Crippen LogP contribution in [0, 0.1) is 5.92 Å². The Kier molecular flexibility index (Phi) is 4.71. The molecule has 3 rings (SSSR count). The molecular weight excluding hydrogens is 323 g/mol. The molecule has 4 atom stereocenters. The molecule has 0 bridgehead atoms. The summed E-state index contributed by atoms with van der Waals surface area (Å²) in [5.74, 6) is -1.09. The van der Waals surface area contributed by atoms with Crippen molar-refractivity contribution in [2.24, 2.45) is 5.92 Å². The first kappa shape index (κ1) is 17.1. The Balaban J connectivity index is 1.63. The van der Waals surface area contributed by atoms with Crippen molar-refractivity contribution in [3.05, 3.63) is 29.8 Å². The third kappa shape index (κ3) is 4.01. The van der Waals surface area contributed by atoms with Gasteiger partial charge in [-0.3, -0.25) is 4.79 Å². The highest BCUT2D eigenvalue weighted by atomic mass is 19.4. The van der Waals surface area contributed by atoms with Crippen LogP contribution in [0.1, 0.15) is 43.6 Å². The molecule has 0 aromatic heterocycles. The summed E-state index contributed by atoms with van der Waals surface area (Å²) >= 11 is 0. The molecule has 2 N–H and O–H groups in total. The zero-order valence-corrected chi connectivity index (χ0v) is 13.1. The van der Waals surface area contributed by atoms with Crippen molar-refractivity contribution in [2.45, 2.75) is 56.5 Å². The minimum atomic E-state index is -4.76. The normalized spacial score (nSPS) is 29.8. The van der Waals surface area contributed by atoms with Crippen molar-refractivity contribution >= 4 is 5.91 Å². The van der Waals surface area contributed by atoms with Crippen molar-refractivity contribution in [3.63, 3.8) is 0 Å². The fourth-order valence-corrected chi connectivity index (χ4v) is 3.40. The highest BCUT2D eigenvalue weighted by Gasteiger charge is 2.47. The van der Waals surface area contributed by atoms with E-state index in [9.17, 15) is 23.1 Å². The Hall–Kier alpha value is -1.76. The molecule has 1 amide bonds. The second-order valence-corrected chi connectivity index (χ2v) is 6.50. The SMILES string of the molecule is O=C(NC1CCCCC1O)C1CC1c1ccccc1OC(F)(F)F. The fourth-order valence-electron chi connectivity index (χ4n) is 3.40. The summed E-state index contributed by atoms with van der Waals surface area (Å²) in [6, 6.07) is 5.68. The molecule has 0 aliphatic heterocycles.